The first-order valence-corrected chi connectivity index (χ1v) is 7.19. The molecule has 4 rings (SSSR count). The molecule has 21 heavy (non-hydrogen) atoms. The van der Waals surface area contributed by atoms with Crippen molar-refractivity contribution in [1.29, 1.82) is 0 Å². The first kappa shape index (κ1) is 12.5. The highest BCUT2D eigenvalue weighted by atomic mass is 79.9. The highest BCUT2D eigenvalue weighted by Crippen LogP contribution is 2.31. The van der Waals surface area contributed by atoms with E-state index >= 15 is 0 Å². The van der Waals surface area contributed by atoms with Gasteiger partial charge in [0, 0.05) is 0 Å². The molecule has 0 unspecified atom stereocenters. The quantitative estimate of drug-likeness (QED) is 0.703. The van der Waals surface area contributed by atoms with Crippen molar-refractivity contribution in [1.82, 2.24) is 25.0 Å². The Labute approximate surface area is 128 Å². The maximum absolute atomic E-state index is 5.58. The molecule has 0 amide bonds. The smallest absolute Gasteiger partial charge is 0.221 e. The SMILES string of the molecule is Brc1cnc2nnn(Cc3ccc4c(c3)OCCO4)c2n1. The molecule has 0 aliphatic carbocycles. The molecule has 0 radical (unpaired) electrons. The molecule has 3 aromatic rings. The van der Waals surface area contributed by atoms with E-state index in [-0.39, 0.29) is 0 Å². The second kappa shape index (κ2) is 4.96. The van der Waals surface area contributed by atoms with E-state index in [9.17, 15) is 0 Å². The molecule has 0 atom stereocenters. The Morgan fingerprint density at radius 1 is 1.19 bits per heavy atom. The van der Waals surface area contributed by atoms with Crippen LogP contribution in [0, 0.1) is 0 Å². The summed E-state index contributed by atoms with van der Waals surface area (Å²) in [4.78, 5) is 8.52. The van der Waals surface area contributed by atoms with E-state index in [1.54, 1.807) is 10.9 Å². The van der Waals surface area contributed by atoms with Crippen LogP contribution in [-0.4, -0.2) is 38.2 Å². The first-order chi connectivity index (χ1) is 10.3. The highest BCUT2D eigenvalue weighted by Gasteiger charge is 2.13. The van der Waals surface area contributed by atoms with Gasteiger partial charge >= 0.3 is 0 Å². The van der Waals surface area contributed by atoms with E-state index in [0.717, 1.165) is 17.1 Å². The lowest BCUT2D eigenvalue weighted by Gasteiger charge is -2.18. The Bertz CT molecular complexity index is 819. The van der Waals surface area contributed by atoms with Gasteiger partial charge in [0.1, 0.15) is 17.8 Å². The van der Waals surface area contributed by atoms with Gasteiger partial charge in [-0.1, -0.05) is 11.3 Å². The fraction of sp³-hybridized carbons (Fsp3) is 0.231. The molecule has 1 aromatic carbocycles. The van der Waals surface area contributed by atoms with E-state index in [4.69, 9.17) is 9.47 Å². The Kier molecular flexibility index (Phi) is 2.95. The van der Waals surface area contributed by atoms with Gasteiger partial charge in [-0.15, -0.1) is 5.10 Å². The van der Waals surface area contributed by atoms with Gasteiger partial charge in [-0.25, -0.2) is 14.6 Å². The van der Waals surface area contributed by atoms with Crippen molar-refractivity contribution in [2.45, 2.75) is 6.54 Å². The van der Waals surface area contributed by atoms with E-state index in [1.807, 2.05) is 18.2 Å². The summed E-state index contributed by atoms with van der Waals surface area (Å²) >= 11 is 3.31. The average Bonchev–Trinajstić information content (AvgIpc) is 2.89. The fourth-order valence-electron chi connectivity index (χ4n) is 2.20. The van der Waals surface area contributed by atoms with Gasteiger partial charge in [-0.2, -0.15) is 0 Å². The Morgan fingerprint density at radius 3 is 2.95 bits per heavy atom. The van der Waals surface area contributed by atoms with Gasteiger partial charge < -0.3 is 9.47 Å². The van der Waals surface area contributed by atoms with Crippen molar-refractivity contribution in [3.05, 3.63) is 34.6 Å². The van der Waals surface area contributed by atoms with Crippen LogP contribution in [0.25, 0.3) is 11.3 Å². The van der Waals surface area contributed by atoms with E-state index in [1.165, 1.54) is 0 Å². The van der Waals surface area contributed by atoms with Crippen LogP contribution < -0.4 is 9.47 Å². The molecule has 8 heteroatoms. The van der Waals surface area contributed by atoms with Gasteiger partial charge in [0.15, 0.2) is 17.1 Å². The number of halogens is 1. The van der Waals surface area contributed by atoms with Crippen LogP contribution in [0.1, 0.15) is 5.56 Å². The number of rotatable bonds is 2. The first-order valence-electron chi connectivity index (χ1n) is 6.40. The van der Waals surface area contributed by atoms with Crippen molar-refractivity contribution in [3.8, 4) is 11.5 Å². The van der Waals surface area contributed by atoms with Crippen LogP contribution in [0.3, 0.4) is 0 Å². The molecule has 0 N–H and O–H groups in total. The molecular weight excluding hydrogens is 338 g/mol. The van der Waals surface area contributed by atoms with Crippen molar-refractivity contribution in [3.63, 3.8) is 0 Å². The predicted octanol–water partition coefficient (Wildman–Crippen LogP) is 1.80. The summed E-state index contributed by atoms with van der Waals surface area (Å²) in [5, 5.41) is 8.10. The van der Waals surface area contributed by atoms with Crippen molar-refractivity contribution < 1.29 is 9.47 Å². The standard InChI is InChI=1S/C13H10BrN5O2/c14-11-6-15-12-13(16-11)19(18-17-12)7-8-1-2-9-10(5-8)21-4-3-20-9/h1-2,5-6H,3-4,7H2. The summed E-state index contributed by atoms with van der Waals surface area (Å²) in [5.74, 6) is 1.53. The molecule has 0 saturated carbocycles. The molecule has 0 saturated heterocycles. The zero-order chi connectivity index (χ0) is 14.2. The molecule has 7 nitrogen and oxygen atoms in total. The van der Waals surface area contributed by atoms with Gasteiger partial charge in [0.05, 0.1) is 12.7 Å². The van der Waals surface area contributed by atoms with Crippen LogP contribution in [0.5, 0.6) is 11.5 Å². The molecule has 2 aromatic heterocycles. The number of nitrogens with zero attached hydrogens (tertiary/aromatic N) is 5. The summed E-state index contributed by atoms with van der Waals surface area (Å²) in [5.41, 5.74) is 2.20. The van der Waals surface area contributed by atoms with Crippen LogP contribution in [0.4, 0.5) is 0 Å². The van der Waals surface area contributed by atoms with Crippen LogP contribution in [0.15, 0.2) is 29.0 Å². The molecule has 1 aliphatic rings. The summed E-state index contributed by atoms with van der Waals surface area (Å²) in [7, 11) is 0. The Morgan fingerprint density at radius 2 is 2.05 bits per heavy atom. The third-order valence-corrected chi connectivity index (χ3v) is 3.52. The largest absolute Gasteiger partial charge is 0.486 e. The molecule has 1 aliphatic heterocycles. The molecule has 3 heterocycles. The molecular formula is C13H10BrN5O2. The van der Waals surface area contributed by atoms with Gasteiger partial charge in [0.2, 0.25) is 5.65 Å². The Balaban J connectivity index is 1.69. The summed E-state index contributed by atoms with van der Waals surface area (Å²) in [6.45, 7) is 1.70. The van der Waals surface area contributed by atoms with E-state index in [0.29, 0.717) is 35.7 Å². The second-order valence-corrected chi connectivity index (χ2v) is 5.38. The predicted molar refractivity (Wildman–Crippen MR) is 77.4 cm³/mol. The highest BCUT2D eigenvalue weighted by molar-refractivity contribution is 9.10. The lowest BCUT2D eigenvalue weighted by Crippen LogP contribution is -2.15. The zero-order valence-electron chi connectivity index (χ0n) is 10.9. The van der Waals surface area contributed by atoms with E-state index < -0.39 is 0 Å². The summed E-state index contributed by atoms with van der Waals surface area (Å²) in [6.07, 6.45) is 1.60. The van der Waals surface area contributed by atoms with E-state index in [2.05, 4.69) is 36.2 Å². The zero-order valence-corrected chi connectivity index (χ0v) is 12.4. The summed E-state index contributed by atoms with van der Waals surface area (Å²) < 4.78 is 13.5. The Hall–Kier alpha value is -2.22. The third kappa shape index (κ3) is 2.31. The number of benzene rings is 1. The number of ether oxygens (including phenoxy) is 2. The maximum Gasteiger partial charge on any atom is 0.221 e. The lowest BCUT2D eigenvalue weighted by atomic mass is 10.2. The van der Waals surface area contributed by atoms with Crippen LogP contribution in [-0.2, 0) is 6.54 Å². The minimum absolute atomic E-state index is 0.524. The number of hydrogen-bond donors (Lipinski definition) is 0. The minimum Gasteiger partial charge on any atom is -0.486 e. The van der Waals surface area contributed by atoms with Crippen LogP contribution in [0.2, 0.25) is 0 Å². The number of aromatic nitrogens is 5. The average molecular weight is 348 g/mol. The second-order valence-electron chi connectivity index (χ2n) is 4.57. The fourth-order valence-corrected chi connectivity index (χ4v) is 2.47. The number of fused-ring (bicyclic) bond motifs is 2. The minimum atomic E-state index is 0.524. The van der Waals surface area contributed by atoms with Crippen LogP contribution >= 0.6 is 15.9 Å². The van der Waals surface area contributed by atoms with Crippen molar-refractivity contribution >= 4 is 27.2 Å². The number of hydrogen-bond acceptors (Lipinski definition) is 6. The maximum atomic E-state index is 5.58. The lowest BCUT2D eigenvalue weighted by molar-refractivity contribution is 0.171. The monoisotopic (exact) mass is 347 g/mol. The summed E-state index contributed by atoms with van der Waals surface area (Å²) in [6, 6.07) is 5.84. The van der Waals surface area contributed by atoms with Crippen molar-refractivity contribution in [2.24, 2.45) is 0 Å². The van der Waals surface area contributed by atoms with Crippen molar-refractivity contribution in [2.75, 3.05) is 13.2 Å². The van der Waals surface area contributed by atoms with Gasteiger partial charge in [0.25, 0.3) is 0 Å². The molecule has 0 spiro atoms. The van der Waals surface area contributed by atoms with Gasteiger partial charge in [-0.05, 0) is 33.6 Å². The molecule has 0 fully saturated rings. The van der Waals surface area contributed by atoms with Gasteiger partial charge in [-0.3, -0.25) is 0 Å². The normalized spacial score (nSPS) is 13.6. The topological polar surface area (TPSA) is 75.0 Å². The molecule has 0 bridgehead atoms. The third-order valence-electron chi connectivity index (χ3n) is 3.14. The molecule has 106 valence electrons.